The predicted molar refractivity (Wildman–Crippen MR) is 91.7 cm³/mol. The van der Waals surface area contributed by atoms with Gasteiger partial charge in [0.15, 0.2) is 0 Å². The van der Waals surface area contributed by atoms with Crippen LogP contribution < -0.4 is 10.0 Å². The summed E-state index contributed by atoms with van der Waals surface area (Å²) >= 11 is 10.6. The molecule has 2 N–H and O–H groups in total. The summed E-state index contributed by atoms with van der Waals surface area (Å²) in [6, 6.07) is 6.57. The number of sulfonamides is 1. The van der Waals surface area contributed by atoms with Crippen LogP contribution >= 0.6 is 38.9 Å². The van der Waals surface area contributed by atoms with Crippen LogP contribution in [0.15, 0.2) is 39.0 Å². The van der Waals surface area contributed by atoms with Crippen molar-refractivity contribution in [3.8, 4) is 0 Å². The minimum atomic E-state index is -3.58. The standard InChI is InChI=1S/C13H14BrClN2O2S2/c1-2-16-7-10-6-11(8-20-10)21(18,19)17-9-3-4-13(15)12(14)5-9/h3-6,8,16-17H,2,7H2,1H3. The summed E-state index contributed by atoms with van der Waals surface area (Å²) in [5.41, 5.74) is 0.464. The highest BCUT2D eigenvalue weighted by molar-refractivity contribution is 9.10. The second kappa shape index (κ2) is 7.11. The van der Waals surface area contributed by atoms with Crippen LogP contribution in [0.3, 0.4) is 0 Å². The molecule has 2 aromatic rings. The fourth-order valence-corrected chi connectivity index (χ4v) is 4.41. The molecule has 0 aliphatic heterocycles. The van der Waals surface area contributed by atoms with Crippen molar-refractivity contribution in [3.05, 3.63) is 44.0 Å². The summed E-state index contributed by atoms with van der Waals surface area (Å²) in [7, 11) is -3.58. The van der Waals surface area contributed by atoms with Gasteiger partial charge in [-0.25, -0.2) is 8.42 Å². The van der Waals surface area contributed by atoms with E-state index >= 15 is 0 Å². The highest BCUT2D eigenvalue weighted by atomic mass is 79.9. The summed E-state index contributed by atoms with van der Waals surface area (Å²) in [5, 5.41) is 5.33. The van der Waals surface area contributed by atoms with Crippen LogP contribution in [0.2, 0.25) is 5.02 Å². The van der Waals surface area contributed by atoms with Crippen molar-refractivity contribution in [2.24, 2.45) is 0 Å². The first-order valence-electron chi connectivity index (χ1n) is 6.18. The van der Waals surface area contributed by atoms with Gasteiger partial charge in [0.1, 0.15) is 0 Å². The van der Waals surface area contributed by atoms with Crippen LogP contribution in [-0.4, -0.2) is 15.0 Å². The lowest BCUT2D eigenvalue weighted by Crippen LogP contribution is -2.13. The Morgan fingerprint density at radius 3 is 2.76 bits per heavy atom. The van der Waals surface area contributed by atoms with E-state index in [4.69, 9.17) is 11.6 Å². The van der Waals surface area contributed by atoms with E-state index in [0.29, 0.717) is 21.7 Å². The van der Waals surface area contributed by atoms with E-state index in [1.165, 1.54) is 11.3 Å². The fraction of sp³-hybridized carbons (Fsp3) is 0.231. The monoisotopic (exact) mass is 408 g/mol. The molecule has 4 nitrogen and oxygen atoms in total. The maximum Gasteiger partial charge on any atom is 0.262 e. The van der Waals surface area contributed by atoms with Gasteiger partial charge < -0.3 is 5.32 Å². The molecule has 0 bridgehead atoms. The van der Waals surface area contributed by atoms with Crippen LogP contribution in [0.5, 0.6) is 0 Å². The molecule has 1 aromatic carbocycles. The molecular weight excluding hydrogens is 396 g/mol. The maximum atomic E-state index is 12.3. The van der Waals surface area contributed by atoms with Crippen LogP contribution in [0.4, 0.5) is 5.69 Å². The number of hydrogen-bond acceptors (Lipinski definition) is 4. The highest BCUT2D eigenvalue weighted by Crippen LogP contribution is 2.27. The Kier molecular flexibility index (Phi) is 5.67. The second-order valence-electron chi connectivity index (χ2n) is 4.26. The van der Waals surface area contributed by atoms with Gasteiger partial charge >= 0.3 is 0 Å². The lowest BCUT2D eigenvalue weighted by molar-refractivity contribution is 0.601. The first-order chi connectivity index (χ1) is 9.92. The molecule has 0 atom stereocenters. The predicted octanol–water partition coefficient (Wildman–Crippen LogP) is 4.07. The summed E-state index contributed by atoms with van der Waals surface area (Å²) in [5.74, 6) is 0. The van der Waals surface area contributed by atoms with Gasteiger partial charge in [0.2, 0.25) is 0 Å². The molecule has 0 saturated heterocycles. The zero-order valence-electron chi connectivity index (χ0n) is 11.2. The highest BCUT2D eigenvalue weighted by Gasteiger charge is 2.16. The number of hydrogen-bond donors (Lipinski definition) is 2. The Morgan fingerprint density at radius 1 is 1.33 bits per heavy atom. The van der Waals surface area contributed by atoms with Crippen molar-refractivity contribution in [2.75, 3.05) is 11.3 Å². The van der Waals surface area contributed by atoms with Gasteiger partial charge in [-0.2, -0.15) is 0 Å². The molecule has 114 valence electrons. The number of rotatable bonds is 6. The van der Waals surface area contributed by atoms with Crippen LogP contribution in [-0.2, 0) is 16.6 Å². The van der Waals surface area contributed by atoms with Gasteiger partial charge in [-0.1, -0.05) is 18.5 Å². The minimum Gasteiger partial charge on any atom is -0.312 e. The smallest absolute Gasteiger partial charge is 0.262 e. The molecule has 0 amide bonds. The Balaban J connectivity index is 2.17. The van der Waals surface area contributed by atoms with E-state index in [-0.39, 0.29) is 4.90 Å². The number of nitrogens with one attached hydrogen (secondary N) is 2. The molecule has 0 unspecified atom stereocenters. The van der Waals surface area contributed by atoms with E-state index in [9.17, 15) is 8.42 Å². The zero-order chi connectivity index (χ0) is 15.5. The number of halogens is 2. The van der Waals surface area contributed by atoms with E-state index in [1.807, 2.05) is 6.92 Å². The van der Waals surface area contributed by atoms with Gasteiger partial charge in [-0.3, -0.25) is 4.72 Å². The maximum absolute atomic E-state index is 12.3. The summed E-state index contributed by atoms with van der Waals surface area (Å²) in [6.45, 7) is 3.52. The van der Waals surface area contributed by atoms with E-state index in [2.05, 4.69) is 26.0 Å². The normalized spacial score (nSPS) is 11.6. The van der Waals surface area contributed by atoms with Crippen molar-refractivity contribution in [3.63, 3.8) is 0 Å². The number of anilines is 1. The van der Waals surface area contributed by atoms with Crippen molar-refractivity contribution in [2.45, 2.75) is 18.4 Å². The van der Waals surface area contributed by atoms with Gasteiger partial charge in [-0.05, 0) is 46.7 Å². The third kappa shape index (κ3) is 4.43. The van der Waals surface area contributed by atoms with E-state index in [0.717, 1.165) is 11.4 Å². The van der Waals surface area contributed by atoms with Gasteiger partial charge in [0, 0.05) is 21.3 Å². The van der Waals surface area contributed by atoms with Gasteiger partial charge in [0.25, 0.3) is 10.0 Å². The van der Waals surface area contributed by atoms with Crippen LogP contribution in [0.1, 0.15) is 11.8 Å². The van der Waals surface area contributed by atoms with Crippen molar-refractivity contribution >= 4 is 54.6 Å². The molecule has 21 heavy (non-hydrogen) atoms. The van der Waals surface area contributed by atoms with E-state index < -0.39 is 10.0 Å². The quantitative estimate of drug-likeness (QED) is 0.756. The minimum absolute atomic E-state index is 0.270. The molecule has 8 heteroatoms. The van der Waals surface area contributed by atoms with Crippen molar-refractivity contribution in [1.82, 2.24) is 5.32 Å². The Labute approximate surface area is 141 Å². The summed E-state index contributed by atoms with van der Waals surface area (Å²) in [4.78, 5) is 1.25. The Bertz CT molecular complexity index is 732. The SMILES string of the molecule is CCNCc1cc(S(=O)(=O)Nc2ccc(Cl)c(Br)c2)cs1. The lowest BCUT2D eigenvalue weighted by atomic mass is 10.3. The molecule has 0 aliphatic carbocycles. The molecular formula is C13H14BrClN2O2S2. The fourth-order valence-electron chi connectivity index (χ4n) is 1.62. The average molecular weight is 410 g/mol. The largest absolute Gasteiger partial charge is 0.312 e. The third-order valence-electron chi connectivity index (χ3n) is 2.66. The number of benzene rings is 1. The molecule has 2 rings (SSSR count). The first-order valence-corrected chi connectivity index (χ1v) is 9.71. The van der Waals surface area contributed by atoms with E-state index in [1.54, 1.807) is 29.6 Å². The average Bonchev–Trinajstić information content (AvgIpc) is 2.90. The zero-order valence-corrected chi connectivity index (χ0v) is 15.2. The van der Waals surface area contributed by atoms with Crippen molar-refractivity contribution in [1.29, 1.82) is 0 Å². The Morgan fingerprint density at radius 2 is 2.10 bits per heavy atom. The first kappa shape index (κ1) is 16.8. The molecule has 0 radical (unpaired) electrons. The second-order valence-corrected chi connectivity index (χ2v) is 8.20. The van der Waals surface area contributed by atoms with Crippen LogP contribution in [0, 0.1) is 0 Å². The molecule has 0 aliphatic rings. The summed E-state index contributed by atoms with van der Waals surface area (Å²) in [6.07, 6.45) is 0. The van der Waals surface area contributed by atoms with Crippen molar-refractivity contribution < 1.29 is 8.42 Å². The topological polar surface area (TPSA) is 58.2 Å². The molecule has 0 spiro atoms. The lowest BCUT2D eigenvalue weighted by Gasteiger charge is -2.07. The Hall–Kier alpha value is -0.600. The third-order valence-corrected chi connectivity index (χ3v) is 6.32. The molecule has 1 aromatic heterocycles. The molecule has 0 saturated carbocycles. The molecule has 0 fully saturated rings. The number of thiophene rings is 1. The molecule has 1 heterocycles. The van der Waals surface area contributed by atoms with Gasteiger partial charge in [0.05, 0.1) is 15.6 Å². The van der Waals surface area contributed by atoms with Crippen LogP contribution in [0.25, 0.3) is 0 Å². The van der Waals surface area contributed by atoms with Gasteiger partial charge in [-0.15, -0.1) is 11.3 Å². The summed E-state index contributed by atoms with van der Waals surface area (Å²) < 4.78 is 27.8.